The Kier molecular flexibility index (Phi) is 7.45. The van der Waals surface area contributed by atoms with Gasteiger partial charge in [-0.3, -0.25) is 5.21 Å². The monoisotopic (exact) mass is 480 g/mol. The van der Waals surface area contributed by atoms with Crippen LogP contribution >= 0.6 is 8.07 Å². The van der Waals surface area contributed by atoms with Crippen LogP contribution in [0.3, 0.4) is 0 Å². The average Bonchev–Trinajstić information content (AvgIpc) is 3.29. The van der Waals surface area contributed by atoms with Gasteiger partial charge in [-0.25, -0.2) is 9.82 Å². The first-order chi connectivity index (χ1) is 16.5. The van der Waals surface area contributed by atoms with E-state index in [2.05, 4.69) is 20.3 Å². The minimum absolute atomic E-state index is 0.261. The van der Waals surface area contributed by atoms with Crippen molar-refractivity contribution in [1.29, 1.82) is 0 Å². The molecule has 0 amide bonds. The molecule has 34 heavy (non-hydrogen) atoms. The van der Waals surface area contributed by atoms with Crippen molar-refractivity contribution in [3.8, 4) is 11.5 Å². The summed E-state index contributed by atoms with van der Waals surface area (Å²) in [6.07, 6.45) is 2.56. The number of nitrogens with zero attached hydrogens (tertiary/aromatic N) is 5. The third-order valence-electron chi connectivity index (χ3n) is 5.54. The third-order valence-corrected chi connectivity index (χ3v) is 7.28. The van der Waals surface area contributed by atoms with Crippen molar-refractivity contribution in [2.75, 3.05) is 37.2 Å². The number of methoxy groups -OCH3 is 2. The summed E-state index contributed by atoms with van der Waals surface area (Å²) in [6.45, 7) is 5.14. The molecule has 0 aliphatic heterocycles. The first-order valence-electron chi connectivity index (χ1n) is 10.9. The maximum atomic E-state index is 10.7. The van der Waals surface area contributed by atoms with Gasteiger partial charge in [0.2, 0.25) is 0 Å². The molecule has 2 aromatic carbocycles. The van der Waals surface area contributed by atoms with Crippen molar-refractivity contribution >= 4 is 31.0 Å². The number of nitrogens with one attached hydrogen (secondary N) is 1. The Labute approximate surface area is 200 Å². The van der Waals surface area contributed by atoms with Crippen molar-refractivity contribution in [1.82, 2.24) is 19.5 Å². The second kappa shape index (κ2) is 10.7. The summed E-state index contributed by atoms with van der Waals surface area (Å²) in [4.78, 5) is 15.1. The SMILES string of the molecule is CCP(C)N(O)c1nc(NCc2ccc(OC)cc2)c2ncn(Cc3ccc(OC)cc3)c2n1. The number of hydrogen-bond donors (Lipinski definition) is 2. The van der Waals surface area contributed by atoms with Gasteiger partial charge in [0.05, 0.1) is 27.1 Å². The van der Waals surface area contributed by atoms with Crippen LogP contribution in [0.1, 0.15) is 18.1 Å². The maximum absolute atomic E-state index is 10.7. The fourth-order valence-corrected chi connectivity index (χ4v) is 4.07. The Morgan fingerprint density at radius 1 is 0.971 bits per heavy atom. The van der Waals surface area contributed by atoms with E-state index < -0.39 is 8.07 Å². The van der Waals surface area contributed by atoms with Gasteiger partial charge >= 0.3 is 0 Å². The molecule has 0 aliphatic rings. The molecule has 0 bridgehead atoms. The van der Waals surface area contributed by atoms with Gasteiger partial charge in [-0.2, -0.15) is 9.97 Å². The van der Waals surface area contributed by atoms with Gasteiger partial charge in [0, 0.05) is 14.6 Å². The van der Waals surface area contributed by atoms with Gasteiger partial charge in [0.25, 0.3) is 5.95 Å². The molecule has 2 N–H and O–H groups in total. The van der Waals surface area contributed by atoms with Gasteiger partial charge in [-0.05, 0) is 48.2 Å². The molecule has 0 aliphatic carbocycles. The van der Waals surface area contributed by atoms with Crippen molar-refractivity contribution in [2.24, 2.45) is 0 Å². The van der Waals surface area contributed by atoms with E-state index in [-0.39, 0.29) is 5.95 Å². The van der Waals surface area contributed by atoms with Gasteiger partial charge in [-0.1, -0.05) is 31.2 Å². The summed E-state index contributed by atoms with van der Waals surface area (Å²) in [7, 11) is 2.48. The molecule has 1 unspecified atom stereocenters. The van der Waals surface area contributed by atoms with E-state index in [9.17, 15) is 5.21 Å². The molecular formula is C24H29N6O3P. The Balaban J connectivity index is 1.67. The number of imidazole rings is 1. The van der Waals surface area contributed by atoms with Gasteiger partial charge < -0.3 is 19.4 Å². The number of rotatable bonds is 10. The van der Waals surface area contributed by atoms with E-state index in [4.69, 9.17) is 9.47 Å². The zero-order chi connectivity index (χ0) is 24.1. The molecule has 4 rings (SSSR count). The number of ether oxygens (including phenoxy) is 2. The van der Waals surface area contributed by atoms with E-state index in [1.54, 1.807) is 20.5 Å². The topological polar surface area (TPSA) is 97.6 Å². The molecular weight excluding hydrogens is 451 g/mol. The van der Waals surface area contributed by atoms with E-state index >= 15 is 0 Å². The largest absolute Gasteiger partial charge is 0.497 e. The molecule has 9 nitrogen and oxygen atoms in total. The second-order valence-electron chi connectivity index (χ2n) is 7.73. The Morgan fingerprint density at radius 2 is 1.59 bits per heavy atom. The molecule has 0 spiro atoms. The zero-order valence-corrected chi connectivity index (χ0v) is 20.7. The lowest BCUT2D eigenvalue weighted by Gasteiger charge is -2.21. The Morgan fingerprint density at radius 3 is 2.18 bits per heavy atom. The highest BCUT2D eigenvalue weighted by molar-refractivity contribution is 7.58. The fourth-order valence-electron chi connectivity index (χ4n) is 3.40. The van der Waals surface area contributed by atoms with Crippen molar-refractivity contribution < 1.29 is 14.7 Å². The quantitative estimate of drug-likeness (QED) is 0.248. The van der Waals surface area contributed by atoms with Crippen LogP contribution in [-0.2, 0) is 13.1 Å². The average molecular weight is 481 g/mol. The summed E-state index contributed by atoms with van der Waals surface area (Å²) in [5, 5.41) is 14.1. The highest BCUT2D eigenvalue weighted by Crippen LogP contribution is 2.37. The summed E-state index contributed by atoms with van der Waals surface area (Å²) in [5.74, 6) is 2.44. The summed E-state index contributed by atoms with van der Waals surface area (Å²) >= 11 is 0. The van der Waals surface area contributed by atoms with Crippen LogP contribution in [0.15, 0.2) is 54.9 Å². The first-order valence-corrected chi connectivity index (χ1v) is 12.9. The summed E-state index contributed by atoms with van der Waals surface area (Å²) < 4.78 is 12.4. The van der Waals surface area contributed by atoms with E-state index in [1.165, 1.54) is 4.83 Å². The first kappa shape index (κ1) is 23.7. The van der Waals surface area contributed by atoms with Crippen molar-refractivity contribution in [3.05, 3.63) is 66.0 Å². The molecule has 2 aromatic heterocycles. The molecule has 4 aromatic rings. The number of benzene rings is 2. The van der Waals surface area contributed by atoms with E-state index in [1.807, 2.05) is 66.7 Å². The molecule has 0 saturated heterocycles. The highest BCUT2D eigenvalue weighted by Gasteiger charge is 2.19. The van der Waals surface area contributed by atoms with Crippen LogP contribution in [0, 0.1) is 0 Å². The van der Waals surface area contributed by atoms with Crippen LogP contribution in [-0.4, -0.2) is 51.8 Å². The van der Waals surface area contributed by atoms with Crippen LogP contribution in [0.4, 0.5) is 11.8 Å². The molecule has 1 atom stereocenters. The third kappa shape index (κ3) is 5.21. The maximum Gasteiger partial charge on any atom is 0.257 e. The summed E-state index contributed by atoms with van der Waals surface area (Å²) in [6, 6.07) is 15.7. The molecule has 0 radical (unpaired) electrons. The zero-order valence-electron chi connectivity index (χ0n) is 19.8. The van der Waals surface area contributed by atoms with Crippen LogP contribution in [0.2, 0.25) is 0 Å². The van der Waals surface area contributed by atoms with Crippen LogP contribution < -0.4 is 19.6 Å². The lowest BCUT2D eigenvalue weighted by molar-refractivity contribution is 0.320. The lowest BCUT2D eigenvalue weighted by atomic mass is 10.2. The van der Waals surface area contributed by atoms with E-state index in [0.717, 1.165) is 28.8 Å². The smallest absolute Gasteiger partial charge is 0.257 e. The van der Waals surface area contributed by atoms with Crippen molar-refractivity contribution in [3.63, 3.8) is 0 Å². The number of anilines is 2. The minimum atomic E-state index is -0.813. The molecule has 0 saturated carbocycles. The molecule has 2 heterocycles. The molecule has 10 heteroatoms. The van der Waals surface area contributed by atoms with Crippen LogP contribution in [0.25, 0.3) is 11.2 Å². The van der Waals surface area contributed by atoms with Gasteiger partial charge in [-0.15, -0.1) is 0 Å². The Hall–Kier alpha value is -3.42. The molecule has 0 fully saturated rings. The minimum Gasteiger partial charge on any atom is -0.497 e. The standard InChI is InChI=1S/C24H29N6O3P/c1-5-34(4)30(31)24-27-22(25-14-17-6-10-19(32-2)11-7-17)21-23(28-24)29(16-26-21)15-18-8-12-20(33-3)13-9-18/h6-13,16,31H,5,14-15H2,1-4H3,(H,25,27,28). The Bertz CT molecular complexity index is 1230. The predicted octanol–water partition coefficient (Wildman–Crippen LogP) is 4.75. The number of fused-ring (bicyclic) bond motifs is 1. The van der Waals surface area contributed by atoms with E-state index in [0.29, 0.717) is 30.1 Å². The van der Waals surface area contributed by atoms with Crippen molar-refractivity contribution in [2.45, 2.75) is 20.0 Å². The normalized spacial score (nSPS) is 11.9. The van der Waals surface area contributed by atoms with Crippen LogP contribution in [0.5, 0.6) is 11.5 Å². The number of aromatic nitrogens is 4. The lowest BCUT2D eigenvalue weighted by Crippen LogP contribution is -2.16. The second-order valence-corrected chi connectivity index (χ2v) is 10.1. The van der Waals surface area contributed by atoms with Gasteiger partial charge in [0.1, 0.15) is 11.5 Å². The number of hydrogen-bond acceptors (Lipinski definition) is 8. The fraction of sp³-hybridized carbons (Fsp3) is 0.292. The van der Waals surface area contributed by atoms with Gasteiger partial charge in [0.15, 0.2) is 17.0 Å². The highest BCUT2D eigenvalue weighted by atomic mass is 31.1. The molecule has 178 valence electrons. The predicted molar refractivity (Wildman–Crippen MR) is 135 cm³/mol. The summed E-state index contributed by atoms with van der Waals surface area (Å²) in [5.41, 5.74) is 3.45.